The highest BCUT2D eigenvalue weighted by molar-refractivity contribution is 5.82. The summed E-state index contributed by atoms with van der Waals surface area (Å²) < 4.78 is 5.06. The fourth-order valence-electron chi connectivity index (χ4n) is 1.31. The Morgan fingerprint density at radius 3 is 2.76 bits per heavy atom. The van der Waals surface area contributed by atoms with Crippen molar-refractivity contribution < 1.29 is 14.6 Å². The number of aryl methyl sites for hydroxylation is 1. The number of ether oxygens (including phenoxy) is 1. The van der Waals surface area contributed by atoms with Crippen molar-refractivity contribution in [2.75, 3.05) is 6.61 Å². The maximum absolute atomic E-state index is 11.5. The second-order valence-electron chi connectivity index (χ2n) is 4.06. The Hall–Kier alpha value is -1.78. The Kier molecular flexibility index (Phi) is 4.31. The van der Waals surface area contributed by atoms with E-state index in [0.717, 1.165) is 6.42 Å². The number of aromatic nitrogens is 1. The number of pyridine rings is 1. The number of rotatable bonds is 5. The summed E-state index contributed by atoms with van der Waals surface area (Å²) in [7, 11) is 0. The van der Waals surface area contributed by atoms with E-state index < -0.39 is 5.56 Å². The van der Waals surface area contributed by atoms with Crippen LogP contribution in [0.15, 0.2) is 10.9 Å². The van der Waals surface area contributed by atoms with Gasteiger partial charge >= 0.3 is 0 Å². The second kappa shape index (κ2) is 5.52. The van der Waals surface area contributed by atoms with Gasteiger partial charge in [-0.05, 0) is 13.3 Å². The van der Waals surface area contributed by atoms with E-state index in [1.54, 1.807) is 13.8 Å². The molecule has 0 fully saturated rings. The minimum atomic E-state index is -0.528. The van der Waals surface area contributed by atoms with Gasteiger partial charge in [-0.3, -0.25) is 9.59 Å². The van der Waals surface area contributed by atoms with Gasteiger partial charge in [0.2, 0.25) is 5.75 Å². The van der Waals surface area contributed by atoms with Crippen LogP contribution in [0.2, 0.25) is 0 Å². The number of hydrogen-bond donors (Lipinski definition) is 2. The molecule has 1 heterocycles. The van der Waals surface area contributed by atoms with Crippen LogP contribution in [-0.4, -0.2) is 22.5 Å². The summed E-state index contributed by atoms with van der Waals surface area (Å²) in [6.07, 6.45) is 0.721. The Morgan fingerprint density at radius 1 is 1.59 bits per heavy atom. The van der Waals surface area contributed by atoms with E-state index in [2.05, 4.69) is 4.98 Å². The molecular weight excluding hydrogens is 222 g/mol. The average Bonchev–Trinajstić information content (AvgIpc) is 2.26. The molecular formula is C12H17NO4. The number of ketones is 1. The van der Waals surface area contributed by atoms with E-state index in [0.29, 0.717) is 5.69 Å². The van der Waals surface area contributed by atoms with Gasteiger partial charge < -0.3 is 14.8 Å². The predicted molar refractivity (Wildman–Crippen MR) is 63.4 cm³/mol. The highest BCUT2D eigenvalue weighted by Crippen LogP contribution is 2.20. The molecule has 0 aliphatic heterocycles. The summed E-state index contributed by atoms with van der Waals surface area (Å²) in [6, 6.07) is 1.38. The molecule has 1 aromatic heterocycles. The van der Waals surface area contributed by atoms with Crippen molar-refractivity contribution in [3.63, 3.8) is 0 Å². The molecule has 94 valence electrons. The van der Waals surface area contributed by atoms with Gasteiger partial charge in [-0.15, -0.1) is 0 Å². The van der Waals surface area contributed by atoms with E-state index in [1.165, 1.54) is 6.07 Å². The van der Waals surface area contributed by atoms with E-state index in [4.69, 9.17) is 4.74 Å². The highest BCUT2D eigenvalue weighted by Gasteiger charge is 2.14. The zero-order valence-electron chi connectivity index (χ0n) is 10.2. The number of aromatic amines is 1. The summed E-state index contributed by atoms with van der Waals surface area (Å²) in [6.45, 7) is 5.15. The Labute approximate surface area is 99.4 Å². The summed E-state index contributed by atoms with van der Waals surface area (Å²) >= 11 is 0. The molecule has 1 atom stereocenters. The average molecular weight is 239 g/mol. The van der Waals surface area contributed by atoms with Gasteiger partial charge in [-0.2, -0.15) is 0 Å². The van der Waals surface area contributed by atoms with Crippen molar-refractivity contribution in [3.8, 4) is 11.5 Å². The van der Waals surface area contributed by atoms with Gasteiger partial charge in [-0.25, -0.2) is 0 Å². The first-order valence-corrected chi connectivity index (χ1v) is 5.54. The van der Waals surface area contributed by atoms with Crippen LogP contribution in [0.1, 0.15) is 26.0 Å². The Bertz CT molecular complexity index is 464. The molecule has 0 aliphatic carbocycles. The molecule has 0 bridgehead atoms. The maximum Gasteiger partial charge on any atom is 0.294 e. The number of Topliss-reactive ketones (excluding diaryl/α,β-unsaturated/α-hetero) is 1. The molecule has 1 rings (SSSR count). The Balaban J connectivity index is 2.77. The molecule has 0 amide bonds. The SMILES string of the molecule is CCC(C)C(=O)COc1c(O)cc(C)[nH]c1=O. The molecule has 0 spiro atoms. The third-order valence-electron chi connectivity index (χ3n) is 2.62. The molecule has 1 unspecified atom stereocenters. The van der Waals surface area contributed by atoms with Crippen LogP contribution in [0.4, 0.5) is 0 Å². The number of H-pyrrole nitrogens is 1. The lowest BCUT2D eigenvalue weighted by Gasteiger charge is -2.10. The molecule has 1 aromatic rings. The van der Waals surface area contributed by atoms with Crippen molar-refractivity contribution in [1.29, 1.82) is 0 Å². The maximum atomic E-state index is 11.5. The van der Waals surface area contributed by atoms with Crippen LogP contribution < -0.4 is 10.3 Å². The monoisotopic (exact) mass is 239 g/mol. The minimum absolute atomic E-state index is 0.0909. The first-order valence-electron chi connectivity index (χ1n) is 5.54. The Morgan fingerprint density at radius 2 is 2.24 bits per heavy atom. The molecule has 5 heteroatoms. The van der Waals surface area contributed by atoms with Gasteiger partial charge in [-0.1, -0.05) is 13.8 Å². The van der Waals surface area contributed by atoms with Gasteiger partial charge in [0.15, 0.2) is 11.5 Å². The lowest BCUT2D eigenvalue weighted by Crippen LogP contribution is -2.21. The highest BCUT2D eigenvalue weighted by atomic mass is 16.5. The lowest BCUT2D eigenvalue weighted by atomic mass is 10.1. The van der Waals surface area contributed by atoms with Crippen molar-refractivity contribution in [2.24, 2.45) is 5.92 Å². The number of carbonyl (C=O) groups is 1. The summed E-state index contributed by atoms with van der Waals surface area (Å²) in [5.41, 5.74) is 0.00699. The van der Waals surface area contributed by atoms with E-state index in [1.807, 2.05) is 6.92 Å². The summed E-state index contributed by atoms with van der Waals surface area (Å²) in [5, 5.41) is 9.52. The zero-order chi connectivity index (χ0) is 13.0. The van der Waals surface area contributed by atoms with E-state index >= 15 is 0 Å². The lowest BCUT2D eigenvalue weighted by molar-refractivity contribution is -0.124. The smallest absolute Gasteiger partial charge is 0.294 e. The third-order valence-corrected chi connectivity index (χ3v) is 2.62. The number of nitrogens with one attached hydrogen (secondary N) is 1. The minimum Gasteiger partial charge on any atom is -0.504 e. The molecule has 2 N–H and O–H groups in total. The molecule has 0 aromatic carbocycles. The van der Waals surface area contributed by atoms with Crippen LogP contribution in [0.5, 0.6) is 11.5 Å². The van der Waals surface area contributed by atoms with E-state index in [-0.39, 0.29) is 29.8 Å². The standard InChI is InChI=1S/C12H17NO4/c1-4-7(2)10(15)6-17-11-9(14)5-8(3)13-12(11)16/h5,7H,4,6H2,1-3H3,(H2,13,14,16). The molecule has 0 radical (unpaired) electrons. The zero-order valence-corrected chi connectivity index (χ0v) is 10.2. The first-order chi connectivity index (χ1) is 7.95. The van der Waals surface area contributed by atoms with Gasteiger partial charge in [0.25, 0.3) is 5.56 Å². The van der Waals surface area contributed by atoms with Gasteiger partial charge in [0.05, 0.1) is 0 Å². The van der Waals surface area contributed by atoms with Crippen LogP contribution in [0, 0.1) is 12.8 Å². The fourth-order valence-corrected chi connectivity index (χ4v) is 1.31. The van der Waals surface area contributed by atoms with Crippen molar-refractivity contribution in [2.45, 2.75) is 27.2 Å². The van der Waals surface area contributed by atoms with Gasteiger partial charge in [0, 0.05) is 17.7 Å². The quantitative estimate of drug-likeness (QED) is 0.813. The molecule has 0 saturated heterocycles. The van der Waals surface area contributed by atoms with E-state index in [9.17, 15) is 14.7 Å². The summed E-state index contributed by atoms with van der Waals surface area (Å²) in [4.78, 5) is 25.5. The molecule has 0 aliphatic rings. The topological polar surface area (TPSA) is 79.4 Å². The molecule has 0 saturated carbocycles. The predicted octanol–water partition coefficient (Wildman–Crippen LogP) is 1.38. The van der Waals surface area contributed by atoms with Crippen molar-refractivity contribution in [3.05, 3.63) is 22.1 Å². The second-order valence-corrected chi connectivity index (χ2v) is 4.06. The first kappa shape index (κ1) is 13.3. The van der Waals surface area contributed by atoms with Crippen LogP contribution in [-0.2, 0) is 4.79 Å². The number of aromatic hydroxyl groups is 1. The number of hydrogen-bond acceptors (Lipinski definition) is 4. The third kappa shape index (κ3) is 3.34. The van der Waals surface area contributed by atoms with Crippen LogP contribution >= 0.6 is 0 Å². The largest absolute Gasteiger partial charge is 0.504 e. The molecule has 17 heavy (non-hydrogen) atoms. The van der Waals surface area contributed by atoms with Crippen molar-refractivity contribution in [1.82, 2.24) is 4.98 Å². The fraction of sp³-hybridized carbons (Fsp3) is 0.500. The van der Waals surface area contributed by atoms with Crippen molar-refractivity contribution >= 4 is 5.78 Å². The normalized spacial score (nSPS) is 12.2. The number of carbonyl (C=O) groups excluding carboxylic acids is 1. The van der Waals surface area contributed by atoms with Crippen LogP contribution in [0.3, 0.4) is 0 Å². The summed E-state index contributed by atoms with van der Waals surface area (Å²) in [5.74, 6) is -0.649. The molecule has 5 nitrogen and oxygen atoms in total. The van der Waals surface area contributed by atoms with Gasteiger partial charge in [0.1, 0.15) is 6.61 Å². The van der Waals surface area contributed by atoms with Crippen LogP contribution in [0.25, 0.3) is 0 Å².